The van der Waals surface area contributed by atoms with Crippen molar-refractivity contribution in [2.75, 3.05) is 26.2 Å². The van der Waals surface area contributed by atoms with Gasteiger partial charge in [0.25, 0.3) is 0 Å². The Balaban J connectivity index is 1.30. The molecule has 2 aliphatic rings. The molecule has 2 aromatic rings. The number of nitrogens with zero attached hydrogens (tertiary/aromatic N) is 4. The summed E-state index contributed by atoms with van der Waals surface area (Å²) in [5, 5.41) is 13.9. The van der Waals surface area contributed by atoms with Gasteiger partial charge in [-0.3, -0.25) is 4.90 Å². The number of sulfonamides is 1. The molecule has 2 N–H and O–H groups in total. The minimum Gasteiger partial charge on any atom is -0.492 e. The van der Waals surface area contributed by atoms with Crippen LogP contribution in [0.15, 0.2) is 29.2 Å². The Kier molecular flexibility index (Phi) is 5.16. The normalized spacial score (nSPS) is 20.6. The van der Waals surface area contributed by atoms with Crippen LogP contribution in [0.25, 0.3) is 0 Å². The molecule has 1 saturated heterocycles. The maximum absolute atomic E-state index is 11.3. The van der Waals surface area contributed by atoms with Gasteiger partial charge in [0.05, 0.1) is 4.90 Å². The molecule has 0 bridgehead atoms. The Labute approximate surface area is 159 Å². The van der Waals surface area contributed by atoms with Crippen molar-refractivity contribution in [3.63, 3.8) is 0 Å². The van der Waals surface area contributed by atoms with Crippen molar-refractivity contribution >= 4 is 10.0 Å². The zero-order valence-electron chi connectivity index (χ0n) is 15.2. The van der Waals surface area contributed by atoms with Crippen LogP contribution in [0.1, 0.15) is 36.8 Å². The first-order valence-corrected chi connectivity index (χ1v) is 11.0. The van der Waals surface area contributed by atoms with Crippen LogP contribution in [0.5, 0.6) is 5.75 Å². The number of primary sulfonamides is 1. The summed E-state index contributed by atoms with van der Waals surface area (Å²) >= 11 is 0. The lowest BCUT2D eigenvalue weighted by molar-refractivity contribution is 0.166. The van der Waals surface area contributed by atoms with Gasteiger partial charge in [0.1, 0.15) is 24.0 Å². The van der Waals surface area contributed by atoms with E-state index >= 15 is 0 Å². The number of hydrogen-bond acceptors (Lipinski definition) is 6. The molecular weight excluding hydrogens is 366 g/mol. The van der Waals surface area contributed by atoms with Gasteiger partial charge in [0, 0.05) is 32.0 Å². The fourth-order valence-corrected chi connectivity index (χ4v) is 4.48. The van der Waals surface area contributed by atoms with E-state index in [1.807, 2.05) is 0 Å². The summed E-state index contributed by atoms with van der Waals surface area (Å²) in [6, 6.07) is 6.21. The van der Waals surface area contributed by atoms with E-state index in [1.54, 1.807) is 12.1 Å². The van der Waals surface area contributed by atoms with Crippen LogP contribution in [-0.4, -0.2) is 54.3 Å². The first-order chi connectivity index (χ1) is 13.0. The minimum absolute atomic E-state index is 0.0922. The zero-order chi connectivity index (χ0) is 18.9. The highest BCUT2D eigenvalue weighted by molar-refractivity contribution is 7.89. The van der Waals surface area contributed by atoms with Gasteiger partial charge in [-0.15, -0.1) is 10.2 Å². The molecule has 0 amide bonds. The summed E-state index contributed by atoms with van der Waals surface area (Å²) in [4.78, 5) is 2.50. The Hall–Kier alpha value is -1.97. The fraction of sp³-hybridized carbons (Fsp3) is 0.556. The highest BCUT2D eigenvalue weighted by atomic mass is 32.2. The molecule has 3 heterocycles. The number of nitrogens with two attached hydrogens (primary N) is 1. The SMILES string of the molecule is NS(=O)(=O)c1ccc(OCCN2CCCC(c3nnc4n3CCC4)C2)cc1. The van der Waals surface area contributed by atoms with E-state index in [0.717, 1.165) is 57.1 Å². The number of aromatic nitrogens is 3. The molecule has 9 heteroatoms. The molecule has 0 radical (unpaired) electrons. The Bertz CT molecular complexity index is 894. The van der Waals surface area contributed by atoms with Crippen molar-refractivity contribution in [3.05, 3.63) is 35.9 Å². The highest BCUT2D eigenvalue weighted by Gasteiger charge is 2.28. The molecule has 27 heavy (non-hydrogen) atoms. The van der Waals surface area contributed by atoms with Gasteiger partial charge < -0.3 is 9.30 Å². The van der Waals surface area contributed by atoms with Crippen LogP contribution >= 0.6 is 0 Å². The maximum atomic E-state index is 11.3. The van der Waals surface area contributed by atoms with Crippen LogP contribution in [0, 0.1) is 0 Å². The van der Waals surface area contributed by atoms with Crippen LogP contribution in [0.3, 0.4) is 0 Å². The van der Waals surface area contributed by atoms with Crippen LogP contribution in [0.2, 0.25) is 0 Å². The van der Waals surface area contributed by atoms with Gasteiger partial charge in [-0.2, -0.15) is 0 Å². The van der Waals surface area contributed by atoms with Crippen LogP contribution < -0.4 is 9.88 Å². The lowest BCUT2D eigenvalue weighted by Crippen LogP contribution is -2.37. The molecule has 1 atom stereocenters. The number of rotatable bonds is 6. The average Bonchev–Trinajstić information content (AvgIpc) is 3.25. The molecule has 1 unspecified atom stereocenters. The van der Waals surface area contributed by atoms with E-state index in [4.69, 9.17) is 9.88 Å². The van der Waals surface area contributed by atoms with Crippen LogP contribution in [0.4, 0.5) is 0 Å². The molecular formula is C18H25N5O3S. The number of likely N-dealkylation sites (tertiary alicyclic amines) is 1. The number of fused-ring (bicyclic) bond motifs is 1. The summed E-state index contributed by atoms with van der Waals surface area (Å²) in [5.41, 5.74) is 0. The number of piperidine rings is 1. The van der Waals surface area contributed by atoms with Crippen molar-refractivity contribution in [2.24, 2.45) is 5.14 Å². The largest absolute Gasteiger partial charge is 0.492 e. The zero-order valence-corrected chi connectivity index (χ0v) is 16.1. The lowest BCUT2D eigenvalue weighted by atomic mass is 9.97. The van der Waals surface area contributed by atoms with Crippen molar-refractivity contribution < 1.29 is 13.2 Å². The number of hydrogen-bond donors (Lipinski definition) is 1. The Morgan fingerprint density at radius 1 is 1.15 bits per heavy atom. The van der Waals surface area contributed by atoms with E-state index in [1.165, 1.54) is 18.6 Å². The van der Waals surface area contributed by atoms with E-state index in [-0.39, 0.29) is 4.90 Å². The number of benzene rings is 1. The van der Waals surface area contributed by atoms with Crippen molar-refractivity contribution in [1.29, 1.82) is 0 Å². The first kappa shape index (κ1) is 18.4. The third-order valence-electron chi connectivity index (χ3n) is 5.34. The van der Waals surface area contributed by atoms with Crippen molar-refractivity contribution in [3.8, 4) is 5.75 Å². The van der Waals surface area contributed by atoms with Gasteiger partial charge in [0.15, 0.2) is 0 Å². The van der Waals surface area contributed by atoms with Gasteiger partial charge in [-0.25, -0.2) is 13.6 Å². The Morgan fingerprint density at radius 2 is 1.96 bits per heavy atom. The second-order valence-electron chi connectivity index (χ2n) is 7.23. The maximum Gasteiger partial charge on any atom is 0.238 e. The summed E-state index contributed by atoms with van der Waals surface area (Å²) in [6.07, 6.45) is 4.52. The predicted octanol–water partition coefficient (Wildman–Crippen LogP) is 1.13. The summed E-state index contributed by atoms with van der Waals surface area (Å²) < 4.78 is 30.6. The summed E-state index contributed by atoms with van der Waals surface area (Å²) in [6.45, 7) is 4.47. The molecule has 8 nitrogen and oxygen atoms in total. The van der Waals surface area contributed by atoms with Gasteiger partial charge in [-0.05, 0) is 50.1 Å². The first-order valence-electron chi connectivity index (χ1n) is 9.41. The third kappa shape index (κ3) is 4.15. The molecule has 2 aliphatic heterocycles. The van der Waals surface area contributed by atoms with E-state index in [9.17, 15) is 8.42 Å². The Morgan fingerprint density at radius 3 is 2.74 bits per heavy atom. The second kappa shape index (κ2) is 7.57. The van der Waals surface area contributed by atoms with E-state index in [0.29, 0.717) is 18.3 Å². The van der Waals surface area contributed by atoms with Crippen molar-refractivity contribution in [1.82, 2.24) is 19.7 Å². The van der Waals surface area contributed by atoms with E-state index < -0.39 is 10.0 Å². The van der Waals surface area contributed by atoms with Gasteiger partial charge in [0.2, 0.25) is 10.0 Å². The molecule has 4 rings (SSSR count). The molecule has 0 aliphatic carbocycles. The van der Waals surface area contributed by atoms with Crippen LogP contribution in [-0.2, 0) is 23.0 Å². The van der Waals surface area contributed by atoms with Gasteiger partial charge in [-0.1, -0.05) is 0 Å². The predicted molar refractivity (Wildman–Crippen MR) is 100 cm³/mol. The standard InChI is InChI=1S/C18H25N5O3S/c19-27(24,25)16-7-5-15(6-8-16)26-12-11-22-9-1-3-14(13-22)18-21-20-17-4-2-10-23(17)18/h5-8,14H,1-4,9-13H2,(H2,19,24,25). The lowest BCUT2D eigenvalue weighted by Gasteiger charge is -2.32. The number of aryl methyl sites for hydroxylation is 1. The average molecular weight is 391 g/mol. The monoisotopic (exact) mass is 391 g/mol. The topological polar surface area (TPSA) is 103 Å². The molecule has 146 valence electrons. The second-order valence-corrected chi connectivity index (χ2v) is 8.80. The quantitative estimate of drug-likeness (QED) is 0.792. The molecule has 0 saturated carbocycles. The smallest absolute Gasteiger partial charge is 0.238 e. The molecule has 1 fully saturated rings. The number of ether oxygens (including phenoxy) is 1. The summed E-state index contributed by atoms with van der Waals surface area (Å²) in [7, 11) is -3.67. The molecule has 0 spiro atoms. The highest BCUT2D eigenvalue weighted by Crippen LogP contribution is 2.28. The molecule has 1 aromatic heterocycles. The minimum atomic E-state index is -3.67. The van der Waals surface area contributed by atoms with Crippen molar-refractivity contribution in [2.45, 2.75) is 43.0 Å². The third-order valence-corrected chi connectivity index (χ3v) is 6.27. The van der Waals surface area contributed by atoms with Gasteiger partial charge >= 0.3 is 0 Å². The fourth-order valence-electron chi connectivity index (χ4n) is 3.96. The summed E-state index contributed by atoms with van der Waals surface area (Å²) in [5.74, 6) is 3.36. The van der Waals surface area contributed by atoms with E-state index in [2.05, 4.69) is 19.7 Å². The molecule has 1 aromatic carbocycles.